The minimum atomic E-state index is -3.44. The summed E-state index contributed by atoms with van der Waals surface area (Å²) in [6.45, 7) is 4.30. The first kappa shape index (κ1) is 21.8. The summed E-state index contributed by atoms with van der Waals surface area (Å²) in [5, 5.41) is 12.7. The highest BCUT2D eigenvalue weighted by atomic mass is 32.2. The monoisotopic (exact) mass is 447 g/mol. The summed E-state index contributed by atoms with van der Waals surface area (Å²) in [4.78, 5) is 27.2. The highest BCUT2D eigenvalue weighted by Gasteiger charge is 2.28. The van der Waals surface area contributed by atoms with Gasteiger partial charge in [-0.1, -0.05) is 13.0 Å². The average Bonchev–Trinajstić information content (AvgIpc) is 3.09. The molecule has 0 spiro atoms. The number of benzene rings is 1. The van der Waals surface area contributed by atoms with Crippen molar-refractivity contribution in [3.05, 3.63) is 45.8 Å². The lowest BCUT2D eigenvalue weighted by molar-refractivity contribution is 0.102. The Morgan fingerprint density at radius 2 is 2.10 bits per heavy atom. The number of thiophene rings is 1. The van der Waals surface area contributed by atoms with E-state index in [1.54, 1.807) is 11.8 Å². The zero-order valence-electron chi connectivity index (χ0n) is 16.6. The van der Waals surface area contributed by atoms with Crippen molar-refractivity contribution in [2.24, 2.45) is 0 Å². The number of carbonyl (C=O) groups is 2. The van der Waals surface area contributed by atoms with E-state index >= 15 is 0 Å². The molecule has 1 aliphatic rings. The third kappa shape index (κ3) is 4.32. The van der Waals surface area contributed by atoms with Gasteiger partial charge in [-0.15, -0.1) is 11.3 Å². The molecule has 30 heavy (non-hydrogen) atoms. The van der Waals surface area contributed by atoms with Gasteiger partial charge < -0.3 is 15.0 Å². The molecule has 0 fully saturated rings. The lowest BCUT2D eigenvalue weighted by Crippen LogP contribution is -2.35. The number of nitrogens with zero attached hydrogens (tertiary/aromatic N) is 2. The fourth-order valence-corrected chi connectivity index (χ4v) is 5.29. The normalized spacial score (nSPS) is 13.3. The van der Waals surface area contributed by atoms with Crippen LogP contribution in [0, 0.1) is 11.3 Å². The van der Waals surface area contributed by atoms with Crippen LogP contribution in [0.5, 0.6) is 0 Å². The third-order valence-corrected chi connectivity index (χ3v) is 7.62. The first-order valence-electron chi connectivity index (χ1n) is 9.41. The van der Waals surface area contributed by atoms with Gasteiger partial charge in [-0.05, 0) is 37.1 Å². The molecule has 2 amide bonds. The molecule has 8 nitrogen and oxygen atoms in total. The van der Waals surface area contributed by atoms with E-state index in [9.17, 15) is 23.3 Å². The number of ether oxygens (including phenoxy) is 1. The Bertz CT molecular complexity index is 1130. The molecule has 10 heteroatoms. The van der Waals surface area contributed by atoms with Gasteiger partial charge in [0.15, 0.2) is 9.84 Å². The lowest BCUT2D eigenvalue weighted by Gasteiger charge is -2.25. The molecule has 0 saturated heterocycles. The molecule has 1 N–H and O–H groups in total. The van der Waals surface area contributed by atoms with E-state index in [1.165, 1.54) is 42.5 Å². The summed E-state index contributed by atoms with van der Waals surface area (Å²) in [6.07, 6.45) is 0.0859. The van der Waals surface area contributed by atoms with Crippen molar-refractivity contribution in [1.82, 2.24) is 4.90 Å². The summed E-state index contributed by atoms with van der Waals surface area (Å²) in [6, 6.07) is 7.95. The van der Waals surface area contributed by atoms with Crippen LogP contribution < -0.4 is 5.32 Å². The van der Waals surface area contributed by atoms with Crippen molar-refractivity contribution in [1.29, 1.82) is 5.26 Å². The van der Waals surface area contributed by atoms with Gasteiger partial charge in [-0.2, -0.15) is 5.26 Å². The topological polar surface area (TPSA) is 117 Å². The van der Waals surface area contributed by atoms with Crippen molar-refractivity contribution in [3.63, 3.8) is 0 Å². The second-order valence-corrected chi connectivity index (χ2v) is 9.96. The second kappa shape index (κ2) is 8.85. The first-order chi connectivity index (χ1) is 14.3. The largest absolute Gasteiger partial charge is 0.450 e. The molecule has 158 valence electrons. The van der Waals surface area contributed by atoms with Crippen LogP contribution in [0.3, 0.4) is 0 Å². The van der Waals surface area contributed by atoms with E-state index in [4.69, 9.17) is 4.74 Å². The number of hydrogen-bond donors (Lipinski definition) is 1. The van der Waals surface area contributed by atoms with Crippen LogP contribution in [0.1, 0.15) is 40.2 Å². The highest BCUT2D eigenvalue weighted by molar-refractivity contribution is 7.91. The molecule has 0 unspecified atom stereocenters. The van der Waals surface area contributed by atoms with Gasteiger partial charge in [-0.25, -0.2) is 13.2 Å². The van der Waals surface area contributed by atoms with Crippen LogP contribution in [-0.2, 0) is 27.5 Å². The summed E-state index contributed by atoms with van der Waals surface area (Å²) in [5.74, 6) is -0.564. The number of sulfone groups is 1. The van der Waals surface area contributed by atoms with E-state index in [-0.39, 0.29) is 22.8 Å². The minimum absolute atomic E-state index is 0.0642. The lowest BCUT2D eigenvalue weighted by atomic mass is 10.0. The molecule has 0 radical (unpaired) electrons. The Hall–Kier alpha value is -2.90. The zero-order chi connectivity index (χ0) is 21.9. The number of fused-ring (bicyclic) bond motifs is 1. The van der Waals surface area contributed by atoms with Crippen LogP contribution in [0.15, 0.2) is 29.2 Å². The van der Waals surface area contributed by atoms with Gasteiger partial charge in [0.25, 0.3) is 5.91 Å². The number of nitriles is 1. The van der Waals surface area contributed by atoms with Crippen LogP contribution >= 0.6 is 11.3 Å². The van der Waals surface area contributed by atoms with Gasteiger partial charge in [0.05, 0.1) is 29.4 Å². The molecule has 0 atom stereocenters. The maximum absolute atomic E-state index is 12.7. The molecule has 2 aromatic rings. The van der Waals surface area contributed by atoms with Crippen molar-refractivity contribution < 1.29 is 22.7 Å². The molecule has 0 saturated carbocycles. The van der Waals surface area contributed by atoms with Gasteiger partial charge in [0, 0.05) is 17.0 Å². The standard InChI is InChI=1S/C20H21N3O5S2/c1-3-28-20(25)23-9-8-15-16(11-21)19(29-17(15)12-23)22-18(24)13-6-5-7-14(10-13)30(26,27)4-2/h5-7,10H,3-4,8-9,12H2,1-2H3,(H,22,24). The van der Waals surface area contributed by atoms with Crippen LogP contribution in [0.25, 0.3) is 0 Å². The highest BCUT2D eigenvalue weighted by Crippen LogP contribution is 2.37. The van der Waals surface area contributed by atoms with Crippen molar-refractivity contribution in [3.8, 4) is 6.07 Å². The molecule has 3 rings (SSSR count). The molecule has 1 aliphatic heterocycles. The number of carbonyl (C=O) groups excluding carboxylic acids is 2. The van der Waals surface area contributed by atoms with E-state index in [1.807, 2.05) is 0 Å². The van der Waals surface area contributed by atoms with E-state index in [0.717, 1.165) is 10.4 Å². The van der Waals surface area contributed by atoms with Gasteiger partial charge in [0.1, 0.15) is 11.1 Å². The number of nitrogens with one attached hydrogen (secondary N) is 1. The fourth-order valence-electron chi connectivity index (χ4n) is 3.15. The minimum Gasteiger partial charge on any atom is -0.450 e. The maximum Gasteiger partial charge on any atom is 0.410 e. The van der Waals surface area contributed by atoms with Gasteiger partial charge in [-0.3, -0.25) is 4.79 Å². The predicted molar refractivity (Wildman–Crippen MR) is 112 cm³/mol. The summed E-state index contributed by atoms with van der Waals surface area (Å²) >= 11 is 1.24. The van der Waals surface area contributed by atoms with Crippen molar-refractivity contribution in [2.45, 2.75) is 31.7 Å². The average molecular weight is 448 g/mol. The van der Waals surface area contributed by atoms with E-state index in [0.29, 0.717) is 30.1 Å². The molecule has 1 aromatic heterocycles. The number of hydrogen-bond acceptors (Lipinski definition) is 7. The smallest absolute Gasteiger partial charge is 0.410 e. The quantitative estimate of drug-likeness (QED) is 0.752. The van der Waals surface area contributed by atoms with Crippen LogP contribution in [0.2, 0.25) is 0 Å². The fraction of sp³-hybridized carbons (Fsp3) is 0.350. The van der Waals surface area contributed by atoms with E-state index in [2.05, 4.69) is 11.4 Å². The Morgan fingerprint density at radius 1 is 1.33 bits per heavy atom. The molecule has 0 aliphatic carbocycles. The van der Waals surface area contributed by atoms with E-state index < -0.39 is 21.8 Å². The Kier molecular flexibility index (Phi) is 6.43. The molecular weight excluding hydrogens is 426 g/mol. The third-order valence-electron chi connectivity index (χ3n) is 4.76. The van der Waals surface area contributed by atoms with Crippen molar-refractivity contribution >= 4 is 38.2 Å². The number of anilines is 1. The Morgan fingerprint density at radius 3 is 2.77 bits per heavy atom. The summed E-state index contributed by atoms with van der Waals surface area (Å²) < 4.78 is 29.2. The SMILES string of the molecule is CCOC(=O)N1CCc2c(sc(NC(=O)c3cccc(S(=O)(=O)CC)c3)c2C#N)C1. The first-order valence-corrected chi connectivity index (χ1v) is 11.9. The maximum atomic E-state index is 12.7. The summed E-state index contributed by atoms with van der Waals surface area (Å²) in [5.41, 5.74) is 1.39. The number of amides is 2. The van der Waals surface area contributed by atoms with Crippen LogP contribution in [0.4, 0.5) is 9.80 Å². The Labute approximate surface area is 179 Å². The van der Waals surface area contributed by atoms with Crippen molar-refractivity contribution in [2.75, 3.05) is 24.2 Å². The van der Waals surface area contributed by atoms with Gasteiger partial charge >= 0.3 is 6.09 Å². The molecule has 0 bridgehead atoms. The summed E-state index contributed by atoms with van der Waals surface area (Å²) in [7, 11) is -3.44. The second-order valence-electron chi connectivity index (χ2n) is 6.58. The molecule has 1 aromatic carbocycles. The Balaban J connectivity index is 1.85. The molecule has 2 heterocycles. The zero-order valence-corrected chi connectivity index (χ0v) is 18.2. The van der Waals surface area contributed by atoms with Crippen LogP contribution in [-0.4, -0.2) is 44.2 Å². The molecular formula is C20H21N3O5S2. The van der Waals surface area contributed by atoms with Gasteiger partial charge in [0.2, 0.25) is 0 Å². The predicted octanol–water partition coefficient (Wildman–Crippen LogP) is 3.18. The number of rotatable bonds is 5.